The van der Waals surface area contributed by atoms with E-state index in [1.54, 1.807) is 5.43 Å². The average molecular weight is 234 g/mol. The second-order valence-electron chi connectivity index (χ2n) is 2.92. The van der Waals surface area contributed by atoms with Crippen LogP contribution in [0.25, 0.3) is 0 Å². The number of carbonyl (C=O) groups excluding carboxylic acids is 1. The quantitative estimate of drug-likeness (QED) is 0.466. The first kappa shape index (κ1) is 12.3. The van der Waals surface area contributed by atoms with Crippen molar-refractivity contribution in [1.82, 2.24) is 5.43 Å². The molecule has 16 heavy (non-hydrogen) atoms. The van der Waals surface area contributed by atoms with Crippen molar-refractivity contribution in [2.24, 2.45) is 5.84 Å². The van der Waals surface area contributed by atoms with Gasteiger partial charge in [0.2, 0.25) is 0 Å². The third kappa shape index (κ3) is 3.43. The van der Waals surface area contributed by atoms with Crippen LogP contribution >= 0.6 is 0 Å². The van der Waals surface area contributed by atoms with E-state index in [9.17, 15) is 18.0 Å². The molecular weight excluding hydrogens is 225 g/mol. The van der Waals surface area contributed by atoms with E-state index in [2.05, 4.69) is 4.74 Å². The highest BCUT2D eigenvalue weighted by Crippen LogP contribution is 2.29. The van der Waals surface area contributed by atoms with Crippen molar-refractivity contribution in [1.29, 1.82) is 0 Å². The minimum Gasteiger partial charge on any atom is -0.444 e. The first-order valence-electron chi connectivity index (χ1n) is 4.23. The molecule has 1 aromatic carbocycles. The topological polar surface area (TPSA) is 64.3 Å². The molecule has 0 bridgehead atoms. The fourth-order valence-electron chi connectivity index (χ4n) is 0.981. The molecule has 0 aliphatic rings. The fraction of sp³-hybridized carbons (Fsp3) is 0.222. The second-order valence-corrected chi connectivity index (χ2v) is 2.92. The lowest BCUT2D eigenvalue weighted by molar-refractivity contribution is -0.137. The number of amides is 1. The molecule has 0 aliphatic carbocycles. The average Bonchev–Trinajstić information content (AvgIpc) is 2.25. The van der Waals surface area contributed by atoms with Gasteiger partial charge in [-0.3, -0.25) is 5.43 Å². The first-order valence-corrected chi connectivity index (χ1v) is 4.23. The monoisotopic (exact) mass is 234 g/mol. The Labute approximate surface area is 89.2 Å². The van der Waals surface area contributed by atoms with Gasteiger partial charge in [0.15, 0.2) is 0 Å². The molecule has 0 radical (unpaired) electrons. The standard InChI is InChI=1S/C9H9F3N2O2/c10-9(11,12)7-3-1-6(2-4-7)5-16-8(15)14-13/h1-4H,5,13H2,(H,14,15). The number of halogens is 3. The van der Waals surface area contributed by atoms with Crippen molar-refractivity contribution >= 4 is 6.09 Å². The Hall–Kier alpha value is -1.76. The Bertz CT molecular complexity index is 362. The third-order valence-corrected chi connectivity index (χ3v) is 1.77. The number of hydrogen-bond acceptors (Lipinski definition) is 3. The van der Waals surface area contributed by atoms with Crippen LogP contribution in [0.4, 0.5) is 18.0 Å². The van der Waals surface area contributed by atoms with Crippen LogP contribution in [0.1, 0.15) is 11.1 Å². The minimum atomic E-state index is -4.37. The SMILES string of the molecule is NNC(=O)OCc1ccc(C(F)(F)F)cc1. The minimum absolute atomic E-state index is 0.138. The molecule has 7 heteroatoms. The summed E-state index contributed by atoms with van der Waals surface area (Å²) >= 11 is 0. The Balaban J connectivity index is 2.62. The number of nitrogens with two attached hydrogens (primary N) is 1. The van der Waals surface area contributed by atoms with Crippen molar-refractivity contribution in [3.8, 4) is 0 Å². The Morgan fingerprint density at radius 1 is 1.31 bits per heavy atom. The summed E-state index contributed by atoms with van der Waals surface area (Å²) in [6.07, 6.45) is -5.21. The molecule has 0 atom stereocenters. The molecule has 0 unspecified atom stereocenters. The largest absolute Gasteiger partial charge is 0.444 e. The van der Waals surface area contributed by atoms with Gasteiger partial charge in [0, 0.05) is 0 Å². The van der Waals surface area contributed by atoms with Crippen molar-refractivity contribution in [3.05, 3.63) is 35.4 Å². The predicted octanol–water partition coefficient (Wildman–Crippen LogP) is 1.81. The molecule has 4 nitrogen and oxygen atoms in total. The van der Waals surface area contributed by atoms with Gasteiger partial charge in [-0.05, 0) is 17.7 Å². The lowest BCUT2D eigenvalue weighted by Gasteiger charge is -2.07. The Morgan fingerprint density at radius 3 is 2.31 bits per heavy atom. The lowest BCUT2D eigenvalue weighted by Crippen LogP contribution is -2.30. The highest BCUT2D eigenvalue weighted by Gasteiger charge is 2.29. The normalized spacial score (nSPS) is 11.0. The van der Waals surface area contributed by atoms with E-state index < -0.39 is 17.8 Å². The molecule has 3 N–H and O–H groups in total. The van der Waals surface area contributed by atoms with Gasteiger partial charge >= 0.3 is 12.3 Å². The van der Waals surface area contributed by atoms with E-state index in [4.69, 9.17) is 5.84 Å². The van der Waals surface area contributed by atoms with E-state index in [0.29, 0.717) is 5.56 Å². The lowest BCUT2D eigenvalue weighted by atomic mass is 10.1. The summed E-state index contributed by atoms with van der Waals surface area (Å²) < 4.78 is 41.1. The number of hydrogen-bond donors (Lipinski definition) is 2. The van der Waals surface area contributed by atoms with Gasteiger partial charge in [0.05, 0.1) is 5.56 Å². The first-order chi connectivity index (χ1) is 7.43. The van der Waals surface area contributed by atoms with Gasteiger partial charge in [-0.25, -0.2) is 10.6 Å². The Morgan fingerprint density at radius 2 is 1.88 bits per heavy atom. The van der Waals surface area contributed by atoms with E-state index in [0.717, 1.165) is 12.1 Å². The summed E-state index contributed by atoms with van der Waals surface area (Å²) in [5, 5.41) is 0. The highest BCUT2D eigenvalue weighted by atomic mass is 19.4. The number of benzene rings is 1. The third-order valence-electron chi connectivity index (χ3n) is 1.77. The number of ether oxygens (including phenoxy) is 1. The number of carbonyl (C=O) groups is 1. The number of alkyl halides is 3. The Kier molecular flexibility index (Phi) is 3.73. The van der Waals surface area contributed by atoms with Crippen LogP contribution in [0.2, 0.25) is 0 Å². The van der Waals surface area contributed by atoms with E-state index in [-0.39, 0.29) is 6.61 Å². The van der Waals surface area contributed by atoms with Crippen molar-refractivity contribution < 1.29 is 22.7 Å². The van der Waals surface area contributed by atoms with Gasteiger partial charge in [-0.2, -0.15) is 13.2 Å². The maximum atomic E-state index is 12.2. The smallest absolute Gasteiger partial charge is 0.421 e. The number of nitrogens with one attached hydrogen (secondary N) is 1. The second kappa shape index (κ2) is 4.84. The van der Waals surface area contributed by atoms with Gasteiger partial charge in [-0.15, -0.1) is 0 Å². The molecule has 0 spiro atoms. The zero-order chi connectivity index (χ0) is 12.2. The highest BCUT2D eigenvalue weighted by molar-refractivity contribution is 5.66. The summed E-state index contributed by atoms with van der Waals surface area (Å²) in [5.41, 5.74) is 1.42. The summed E-state index contributed by atoms with van der Waals surface area (Å²) in [7, 11) is 0. The van der Waals surface area contributed by atoms with Gasteiger partial charge < -0.3 is 4.74 Å². The molecule has 0 fully saturated rings. The van der Waals surface area contributed by atoms with Crippen LogP contribution in [-0.4, -0.2) is 6.09 Å². The molecular formula is C9H9F3N2O2. The molecule has 88 valence electrons. The summed E-state index contributed by atoms with van der Waals surface area (Å²) in [6.45, 7) is -0.138. The van der Waals surface area contributed by atoms with Gasteiger partial charge in [0.25, 0.3) is 0 Å². The molecule has 0 saturated heterocycles. The van der Waals surface area contributed by atoms with Crippen molar-refractivity contribution in [2.75, 3.05) is 0 Å². The number of hydrazine groups is 1. The van der Waals surface area contributed by atoms with Crippen LogP contribution in [0.5, 0.6) is 0 Å². The van der Waals surface area contributed by atoms with Crippen LogP contribution in [0.3, 0.4) is 0 Å². The molecule has 0 saturated carbocycles. The zero-order valence-electron chi connectivity index (χ0n) is 8.04. The zero-order valence-corrected chi connectivity index (χ0v) is 8.04. The maximum Gasteiger partial charge on any atom is 0.421 e. The molecule has 0 aliphatic heterocycles. The maximum absolute atomic E-state index is 12.2. The molecule has 1 aromatic rings. The van der Waals surface area contributed by atoms with Crippen LogP contribution in [0, 0.1) is 0 Å². The van der Waals surface area contributed by atoms with Gasteiger partial charge in [-0.1, -0.05) is 12.1 Å². The molecule has 0 heterocycles. The van der Waals surface area contributed by atoms with E-state index in [1.807, 2.05) is 0 Å². The van der Waals surface area contributed by atoms with Gasteiger partial charge in [0.1, 0.15) is 6.61 Å². The number of rotatable bonds is 2. The predicted molar refractivity (Wildman–Crippen MR) is 49.0 cm³/mol. The van der Waals surface area contributed by atoms with Crippen LogP contribution in [-0.2, 0) is 17.5 Å². The fourth-order valence-corrected chi connectivity index (χ4v) is 0.981. The van der Waals surface area contributed by atoms with E-state index >= 15 is 0 Å². The van der Waals surface area contributed by atoms with Crippen LogP contribution < -0.4 is 11.3 Å². The molecule has 1 amide bonds. The van der Waals surface area contributed by atoms with E-state index in [1.165, 1.54) is 12.1 Å². The summed E-state index contributed by atoms with van der Waals surface area (Å²) in [6, 6.07) is 4.29. The van der Waals surface area contributed by atoms with Crippen molar-refractivity contribution in [2.45, 2.75) is 12.8 Å². The summed E-state index contributed by atoms with van der Waals surface area (Å²) in [5.74, 6) is 4.74. The molecule has 1 rings (SSSR count). The van der Waals surface area contributed by atoms with Crippen LogP contribution in [0.15, 0.2) is 24.3 Å². The van der Waals surface area contributed by atoms with Crippen molar-refractivity contribution in [3.63, 3.8) is 0 Å². The molecule has 0 aromatic heterocycles. The summed E-state index contributed by atoms with van der Waals surface area (Å²) in [4.78, 5) is 10.6.